The number of nitro groups is 1. The maximum Gasteiger partial charge on any atom is 0.274 e. The minimum Gasteiger partial charge on any atom is -0.493 e. The Kier molecular flexibility index (Phi) is 6.77. The number of carbonyl (C=O) groups excluding carboxylic acids is 1. The molecular formula is C18H21N3O7S. The first kappa shape index (κ1) is 22.1. The zero-order valence-corrected chi connectivity index (χ0v) is 17.1. The highest BCUT2D eigenvalue weighted by Gasteiger charge is 2.24. The highest BCUT2D eigenvalue weighted by Crippen LogP contribution is 2.29. The van der Waals surface area contributed by atoms with Crippen LogP contribution >= 0.6 is 0 Å². The molecule has 0 radical (unpaired) electrons. The Bertz CT molecular complexity index is 1040. The van der Waals surface area contributed by atoms with Gasteiger partial charge in [0.1, 0.15) is 0 Å². The van der Waals surface area contributed by atoms with E-state index in [1.165, 1.54) is 64.5 Å². The number of sulfonamides is 1. The number of carbonyl (C=O) groups is 1. The summed E-state index contributed by atoms with van der Waals surface area (Å²) in [5, 5.41) is 13.5. The minimum absolute atomic E-state index is 0.110. The Morgan fingerprint density at radius 3 is 2.38 bits per heavy atom. The number of methoxy groups -OCH3 is 2. The summed E-state index contributed by atoms with van der Waals surface area (Å²) in [6.45, 7) is 2.85. The molecule has 0 fully saturated rings. The summed E-state index contributed by atoms with van der Waals surface area (Å²) in [6, 6.07) is 7.12. The molecule has 10 nitrogen and oxygen atoms in total. The van der Waals surface area contributed by atoms with E-state index in [9.17, 15) is 23.3 Å². The van der Waals surface area contributed by atoms with E-state index in [1.54, 1.807) is 0 Å². The van der Waals surface area contributed by atoms with Gasteiger partial charge in [-0.3, -0.25) is 14.9 Å². The zero-order chi connectivity index (χ0) is 21.8. The summed E-state index contributed by atoms with van der Waals surface area (Å²) >= 11 is 0. The van der Waals surface area contributed by atoms with Crippen molar-refractivity contribution in [1.29, 1.82) is 0 Å². The average molecular weight is 423 g/mol. The van der Waals surface area contributed by atoms with Crippen LogP contribution < -0.4 is 19.5 Å². The summed E-state index contributed by atoms with van der Waals surface area (Å²) in [4.78, 5) is 22.8. The molecule has 1 amide bonds. The minimum atomic E-state index is -4.04. The van der Waals surface area contributed by atoms with Crippen molar-refractivity contribution in [1.82, 2.24) is 4.72 Å². The summed E-state index contributed by atoms with van der Waals surface area (Å²) in [5.41, 5.74) is 0.337. The number of rotatable bonds is 8. The molecule has 1 unspecified atom stereocenters. The van der Waals surface area contributed by atoms with Crippen molar-refractivity contribution in [3.05, 3.63) is 52.1 Å². The average Bonchev–Trinajstić information content (AvgIpc) is 2.68. The fourth-order valence-corrected chi connectivity index (χ4v) is 3.75. The molecule has 29 heavy (non-hydrogen) atoms. The van der Waals surface area contributed by atoms with Gasteiger partial charge in [-0.2, -0.15) is 4.72 Å². The Morgan fingerprint density at radius 2 is 1.79 bits per heavy atom. The maximum atomic E-state index is 12.6. The van der Waals surface area contributed by atoms with Crippen molar-refractivity contribution in [3.63, 3.8) is 0 Å². The lowest BCUT2D eigenvalue weighted by Gasteiger charge is -2.16. The van der Waals surface area contributed by atoms with Crippen LogP contribution in [0.5, 0.6) is 11.5 Å². The van der Waals surface area contributed by atoms with Gasteiger partial charge >= 0.3 is 0 Å². The molecule has 0 spiro atoms. The third kappa shape index (κ3) is 5.00. The number of nitro benzene ring substituents is 1. The van der Waals surface area contributed by atoms with Gasteiger partial charge in [0, 0.05) is 12.1 Å². The quantitative estimate of drug-likeness (QED) is 0.490. The predicted molar refractivity (Wildman–Crippen MR) is 106 cm³/mol. The summed E-state index contributed by atoms with van der Waals surface area (Å²) in [6.07, 6.45) is 0. The molecule has 11 heteroatoms. The lowest BCUT2D eigenvalue weighted by Crippen LogP contribution is -2.41. The van der Waals surface area contributed by atoms with Gasteiger partial charge in [0.25, 0.3) is 5.69 Å². The third-order valence-electron chi connectivity index (χ3n) is 4.15. The molecule has 2 N–H and O–H groups in total. The van der Waals surface area contributed by atoms with E-state index >= 15 is 0 Å². The van der Waals surface area contributed by atoms with Gasteiger partial charge in [-0.05, 0) is 32.0 Å². The largest absolute Gasteiger partial charge is 0.493 e. The second kappa shape index (κ2) is 8.88. The van der Waals surface area contributed by atoms with Crippen molar-refractivity contribution in [2.75, 3.05) is 19.5 Å². The van der Waals surface area contributed by atoms with E-state index < -0.39 is 26.9 Å². The van der Waals surface area contributed by atoms with Crippen LogP contribution in [0.3, 0.4) is 0 Å². The van der Waals surface area contributed by atoms with Gasteiger partial charge in [-0.1, -0.05) is 6.07 Å². The van der Waals surface area contributed by atoms with Gasteiger partial charge in [0.2, 0.25) is 15.9 Å². The number of ether oxygens (including phenoxy) is 2. The number of benzene rings is 2. The molecule has 0 saturated heterocycles. The van der Waals surface area contributed by atoms with Crippen LogP contribution in [0.4, 0.5) is 11.4 Å². The van der Waals surface area contributed by atoms with Gasteiger partial charge in [0.05, 0.1) is 41.3 Å². The summed E-state index contributed by atoms with van der Waals surface area (Å²) in [5.74, 6) is -0.0873. The van der Waals surface area contributed by atoms with Gasteiger partial charge in [-0.25, -0.2) is 8.42 Å². The van der Waals surface area contributed by atoms with E-state index in [0.29, 0.717) is 5.75 Å². The van der Waals surface area contributed by atoms with Crippen LogP contribution in [0.1, 0.15) is 12.5 Å². The molecule has 1 atom stereocenters. The lowest BCUT2D eigenvalue weighted by molar-refractivity contribution is -0.385. The first-order chi connectivity index (χ1) is 13.6. The van der Waals surface area contributed by atoms with Crippen molar-refractivity contribution in [3.8, 4) is 11.5 Å². The van der Waals surface area contributed by atoms with Crippen LogP contribution in [0, 0.1) is 17.0 Å². The Labute approximate surface area is 168 Å². The van der Waals surface area contributed by atoms with Gasteiger partial charge in [-0.15, -0.1) is 0 Å². The normalized spacial score (nSPS) is 12.1. The number of anilines is 1. The van der Waals surface area contributed by atoms with Gasteiger partial charge in [0.15, 0.2) is 11.5 Å². The predicted octanol–water partition coefficient (Wildman–Crippen LogP) is 2.23. The van der Waals surface area contributed by atoms with Crippen molar-refractivity contribution in [2.24, 2.45) is 0 Å². The highest BCUT2D eigenvalue weighted by atomic mass is 32.2. The first-order valence-corrected chi connectivity index (χ1v) is 9.88. The molecule has 2 aromatic rings. The lowest BCUT2D eigenvalue weighted by atomic mass is 10.1. The molecule has 0 aliphatic carbocycles. The standard InChI is InChI=1S/C18H21N3O7S/c1-11-14(6-5-7-15(11)21(23)24)19-18(22)12(2)20-29(25,26)13-8-9-16(27-3)17(10-13)28-4/h5-10,12,20H,1-4H3,(H,19,22). The second-order valence-electron chi connectivity index (χ2n) is 6.06. The van der Waals surface area contributed by atoms with Crippen LogP contribution in [0.25, 0.3) is 0 Å². The fraction of sp³-hybridized carbons (Fsp3) is 0.278. The number of nitrogens with one attached hydrogen (secondary N) is 2. The number of amides is 1. The Morgan fingerprint density at radius 1 is 1.14 bits per heavy atom. The van der Waals surface area contributed by atoms with Crippen LogP contribution in [0.2, 0.25) is 0 Å². The van der Waals surface area contributed by atoms with Crippen LogP contribution in [-0.2, 0) is 14.8 Å². The van der Waals surface area contributed by atoms with Crippen molar-refractivity contribution in [2.45, 2.75) is 24.8 Å². The smallest absolute Gasteiger partial charge is 0.274 e. The van der Waals surface area contributed by atoms with E-state index in [4.69, 9.17) is 9.47 Å². The molecule has 156 valence electrons. The molecule has 2 aromatic carbocycles. The SMILES string of the molecule is COc1ccc(S(=O)(=O)NC(C)C(=O)Nc2cccc([N+](=O)[O-])c2C)cc1OC. The number of hydrogen-bond acceptors (Lipinski definition) is 7. The van der Waals surface area contributed by atoms with E-state index in [2.05, 4.69) is 10.0 Å². The molecule has 0 heterocycles. The molecule has 0 aliphatic heterocycles. The third-order valence-corrected chi connectivity index (χ3v) is 5.69. The molecule has 2 rings (SSSR count). The maximum absolute atomic E-state index is 12.6. The zero-order valence-electron chi connectivity index (χ0n) is 16.3. The second-order valence-corrected chi connectivity index (χ2v) is 7.77. The van der Waals surface area contributed by atoms with Gasteiger partial charge < -0.3 is 14.8 Å². The monoisotopic (exact) mass is 423 g/mol. The molecular weight excluding hydrogens is 402 g/mol. The van der Waals surface area contributed by atoms with Crippen LogP contribution in [0.15, 0.2) is 41.3 Å². The van der Waals surface area contributed by atoms with E-state index in [-0.39, 0.29) is 27.6 Å². The highest BCUT2D eigenvalue weighted by molar-refractivity contribution is 7.89. The Balaban J connectivity index is 2.19. The molecule has 0 aromatic heterocycles. The Hall–Kier alpha value is -3.18. The number of nitrogens with zero attached hydrogens (tertiary/aromatic N) is 1. The van der Waals surface area contributed by atoms with Crippen LogP contribution in [-0.4, -0.2) is 39.5 Å². The summed E-state index contributed by atoms with van der Waals surface area (Å²) < 4.78 is 37.6. The van der Waals surface area contributed by atoms with Crippen molar-refractivity contribution < 1.29 is 27.6 Å². The fourth-order valence-electron chi connectivity index (χ4n) is 2.54. The molecule has 0 aliphatic rings. The van der Waals surface area contributed by atoms with E-state index in [1.807, 2.05) is 0 Å². The first-order valence-electron chi connectivity index (χ1n) is 8.40. The summed E-state index contributed by atoms with van der Waals surface area (Å²) in [7, 11) is -1.24. The van der Waals surface area contributed by atoms with E-state index in [0.717, 1.165) is 0 Å². The molecule has 0 saturated carbocycles. The van der Waals surface area contributed by atoms with Crippen molar-refractivity contribution >= 4 is 27.3 Å². The number of hydrogen-bond donors (Lipinski definition) is 2. The molecule has 0 bridgehead atoms. The topological polar surface area (TPSA) is 137 Å².